The van der Waals surface area contributed by atoms with Crippen LogP contribution < -0.4 is 5.73 Å². The molecule has 0 radical (unpaired) electrons. The Kier molecular flexibility index (Phi) is 1.82. The van der Waals surface area contributed by atoms with E-state index in [1.807, 2.05) is 0 Å². The summed E-state index contributed by atoms with van der Waals surface area (Å²) in [6.45, 7) is 8.74. The molecule has 0 heterocycles. The number of hydrogen-bond acceptors (Lipinski definition) is 0. The van der Waals surface area contributed by atoms with Crippen LogP contribution in [0.4, 0.5) is 0 Å². The Hall–Kier alpha value is -0.0400. The van der Waals surface area contributed by atoms with Crippen molar-refractivity contribution in [3.8, 4) is 0 Å². The second-order valence-electron chi connectivity index (χ2n) is 3.27. The van der Waals surface area contributed by atoms with Gasteiger partial charge in [0.2, 0.25) is 0 Å². The minimum absolute atomic E-state index is 0.389. The Morgan fingerprint density at radius 2 is 1.43 bits per heavy atom. The fraction of sp³-hybridized carbons (Fsp3) is 1.00. The van der Waals surface area contributed by atoms with Gasteiger partial charge in [-0.05, 0) is 6.92 Å². The second-order valence-corrected chi connectivity index (χ2v) is 3.27. The summed E-state index contributed by atoms with van der Waals surface area (Å²) in [5.41, 5.74) is 4.30. The molecular formula is C6H16N+. The van der Waals surface area contributed by atoms with Crippen LogP contribution in [0.25, 0.3) is 0 Å². The molecule has 0 fully saturated rings. The molecule has 0 aromatic rings. The summed E-state index contributed by atoms with van der Waals surface area (Å²) in [7, 11) is 0. The largest absolute Gasteiger partial charge is 0.355 e. The Bertz CT molecular complexity index is 49.7. The van der Waals surface area contributed by atoms with Crippen molar-refractivity contribution in [3.63, 3.8) is 0 Å². The number of hydrogen-bond donors (Lipinski definition) is 1. The summed E-state index contributed by atoms with van der Waals surface area (Å²) in [6, 6.07) is 0.549. The van der Waals surface area contributed by atoms with E-state index in [2.05, 4.69) is 33.4 Å². The van der Waals surface area contributed by atoms with Crippen LogP contribution in [-0.4, -0.2) is 6.04 Å². The van der Waals surface area contributed by atoms with Crippen molar-refractivity contribution in [3.05, 3.63) is 0 Å². The highest BCUT2D eigenvalue weighted by molar-refractivity contribution is 4.65. The van der Waals surface area contributed by atoms with Crippen molar-refractivity contribution in [2.24, 2.45) is 5.41 Å². The number of quaternary nitrogens is 1. The summed E-state index contributed by atoms with van der Waals surface area (Å²) >= 11 is 0. The molecule has 0 aliphatic rings. The van der Waals surface area contributed by atoms with Crippen molar-refractivity contribution in [1.82, 2.24) is 0 Å². The van der Waals surface area contributed by atoms with Gasteiger partial charge in [0, 0.05) is 5.41 Å². The Morgan fingerprint density at radius 3 is 1.43 bits per heavy atom. The van der Waals surface area contributed by atoms with Gasteiger partial charge in [0.15, 0.2) is 0 Å². The molecule has 1 heteroatoms. The third-order valence-electron chi connectivity index (χ3n) is 1.48. The first-order valence-corrected chi connectivity index (χ1v) is 2.77. The van der Waals surface area contributed by atoms with Gasteiger partial charge in [0.1, 0.15) is 0 Å². The molecule has 0 aliphatic heterocycles. The molecule has 3 N–H and O–H groups in total. The summed E-state index contributed by atoms with van der Waals surface area (Å²) in [5.74, 6) is 0. The van der Waals surface area contributed by atoms with E-state index < -0.39 is 0 Å². The fourth-order valence-corrected chi connectivity index (χ4v) is 0. The van der Waals surface area contributed by atoms with Gasteiger partial charge in [0.25, 0.3) is 0 Å². The van der Waals surface area contributed by atoms with Crippen LogP contribution in [0, 0.1) is 5.41 Å². The van der Waals surface area contributed by atoms with Gasteiger partial charge in [-0.25, -0.2) is 0 Å². The average Bonchev–Trinajstić information content (AvgIpc) is 1.31. The predicted octanol–water partition coefficient (Wildman–Crippen LogP) is 0.663. The summed E-state index contributed by atoms with van der Waals surface area (Å²) in [5, 5.41) is 0. The zero-order valence-corrected chi connectivity index (χ0v) is 5.78. The zero-order valence-electron chi connectivity index (χ0n) is 5.78. The Morgan fingerprint density at radius 1 is 1.29 bits per heavy atom. The Labute approximate surface area is 45.9 Å². The highest BCUT2D eigenvalue weighted by atomic mass is 14.6. The molecular weight excluding hydrogens is 86.1 g/mol. The Balaban J connectivity index is 3.54. The first-order valence-electron chi connectivity index (χ1n) is 2.77. The molecule has 0 saturated heterocycles. The monoisotopic (exact) mass is 102 g/mol. The van der Waals surface area contributed by atoms with Crippen LogP contribution in [0.1, 0.15) is 27.7 Å². The lowest BCUT2D eigenvalue weighted by Crippen LogP contribution is -2.64. The second kappa shape index (κ2) is 1.83. The van der Waals surface area contributed by atoms with E-state index in [9.17, 15) is 0 Å². The molecule has 7 heavy (non-hydrogen) atoms. The molecule has 0 aliphatic carbocycles. The van der Waals surface area contributed by atoms with E-state index in [4.69, 9.17) is 0 Å². The van der Waals surface area contributed by atoms with Gasteiger partial charge in [0.05, 0.1) is 6.04 Å². The minimum atomic E-state index is 0.389. The van der Waals surface area contributed by atoms with Crippen molar-refractivity contribution >= 4 is 0 Å². The van der Waals surface area contributed by atoms with Crippen LogP contribution in [0.3, 0.4) is 0 Å². The van der Waals surface area contributed by atoms with E-state index in [-0.39, 0.29) is 0 Å². The summed E-state index contributed by atoms with van der Waals surface area (Å²) in [6.07, 6.45) is 0. The smallest absolute Gasteiger partial charge is 0.0863 e. The lowest BCUT2D eigenvalue weighted by atomic mass is 9.89. The average molecular weight is 102 g/mol. The summed E-state index contributed by atoms with van der Waals surface area (Å²) < 4.78 is 0. The standard InChI is InChI=1S/C6H15N/c1-5(7)6(2,3)4/h5H,7H2,1-4H3/p+1/t5-/m1/s1. The van der Waals surface area contributed by atoms with Crippen molar-refractivity contribution in [2.75, 3.05) is 0 Å². The topological polar surface area (TPSA) is 27.6 Å². The molecule has 0 spiro atoms. The van der Waals surface area contributed by atoms with Crippen molar-refractivity contribution in [2.45, 2.75) is 33.7 Å². The van der Waals surface area contributed by atoms with Gasteiger partial charge in [-0.1, -0.05) is 20.8 Å². The van der Waals surface area contributed by atoms with Gasteiger partial charge in [-0.15, -0.1) is 0 Å². The lowest BCUT2D eigenvalue weighted by molar-refractivity contribution is -0.437. The molecule has 0 bridgehead atoms. The van der Waals surface area contributed by atoms with Crippen LogP contribution in [0.5, 0.6) is 0 Å². The quantitative estimate of drug-likeness (QED) is 0.465. The van der Waals surface area contributed by atoms with E-state index in [1.54, 1.807) is 0 Å². The van der Waals surface area contributed by atoms with E-state index in [0.29, 0.717) is 11.5 Å². The van der Waals surface area contributed by atoms with Crippen LogP contribution in [0.2, 0.25) is 0 Å². The number of rotatable bonds is 0. The highest BCUT2D eigenvalue weighted by Crippen LogP contribution is 2.14. The first kappa shape index (κ1) is 6.96. The highest BCUT2D eigenvalue weighted by Gasteiger charge is 2.17. The minimum Gasteiger partial charge on any atom is -0.355 e. The summed E-state index contributed by atoms with van der Waals surface area (Å²) in [4.78, 5) is 0. The van der Waals surface area contributed by atoms with Gasteiger partial charge < -0.3 is 5.73 Å². The van der Waals surface area contributed by atoms with Crippen LogP contribution in [-0.2, 0) is 0 Å². The molecule has 0 aromatic heterocycles. The molecule has 44 valence electrons. The molecule has 0 saturated carbocycles. The van der Waals surface area contributed by atoms with Crippen LogP contribution in [0.15, 0.2) is 0 Å². The first-order chi connectivity index (χ1) is 2.94. The van der Waals surface area contributed by atoms with Crippen molar-refractivity contribution in [1.29, 1.82) is 0 Å². The normalized spacial score (nSPS) is 16.7. The fourth-order valence-electron chi connectivity index (χ4n) is 0. The van der Waals surface area contributed by atoms with Crippen LogP contribution >= 0.6 is 0 Å². The van der Waals surface area contributed by atoms with E-state index in [0.717, 1.165) is 0 Å². The molecule has 0 aromatic carbocycles. The maximum atomic E-state index is 3.91. The zero-order chi connectivity index (χ0) is 6.08. The lowest BCUT2D eigenvalue weighted by Gasteiger charge is -2.18. The third-order valence-corrected chi connectivity index (χ3v) is 1.48. The third kappa shape index (κ3) is 2.63. The van der Waals surface area contributed by atoms with Gasteiger partial charge in [-0.2, -0.15) is 0 Å². The van der Waals surface area contributed by atoms with E-state index >= 15 is 0 Å². The van der Waals surface area contributed by atoms with Gasteiger partial charge in [-0.3, -0.25) is 0 Å². The molecule has 1 nitrogen and oxygen atoms in total. The maximum Gasteiger partial charge on any atom is 0.0863 e. The molecule has 1 atom stereocenters. The van der Waals surface area contributed by atoms with Gasteiger partial charge >= 0.3 is 0 Å². The van der Waals surface area contributed by atoms with E-state index in [1.165, 1.54) is 0 Å². The molecule has 0 rings (SSSR count). The molecule has 0 unspecified atom stereocenters. The van der Waals surface area contributed by atoms with Crippen molar-refractivity contribution < 1.29 is 5.73 Å². The maximum absolute atomic E-state index is 3.91. The SMILES string of the molecule is C[C@@H]([NH3+])C(C)(C)C. The predicted molar refractivity (Wildman–Crippen MR) is 31.8 cm³/mol. The molecule has 0 amide bonds.